The first kappa shape index (κ1) is 15.2. The van der Waals surface area contributed by atoms with E-state index in [0.29, 0.717) is 0 Å². The van der Waals surface area contributed by atoms with E-state index in [1.165, 1.54) is 11.1 Å². The van der Waals surface area contributed by atoms with Gasteiger partial charge < -0.3 is 0 Å². The van der Waals surface area contributed by atoms with Gasteiger partial charge in [-0.2, -0.15) is 0 Å². The second-order valence-corrected chi connectivity index (χ2v) is 12.3. The normalized spacial score (nSPS) is 13.6. The SMILES string of the molecule is CC(C)[Si](C)(C)/C=C/c1ccc(C(C)(C)C)cc1. The van der Waals surface area contributed by atoms with Crippen LogP contribution in [-0.2, 0) is 5.41 Å². The molecule has 0 aliphatic rings. The van der Waals surface area contributed by atoms with Gasteiger partial charge in [0, 0.05) is 0 Å². The van der Waals surface area contributed by atoms with E-state index in [0.717, 1.165) is 5.54 Å². The van der Waals surface area contributed by atoms with Gasteiger partial charge in [-0.25, -0.2) is 0 Å². The Kier molecular flexibility index (Phi) is 4.60. The number of rotatable bonds is 3. The van der Waals surface area contributed by atoms with Gasteiger partial charge in [0.1, 0.15) is 0 Å². The van der Waals surface area contributed by atoms with Crippen molar-refractivity contribution < 1.29 is 0 Å². The molecule has 0 unspecified atom stereocenters. The summed E-state index contributed by atoms with van der Waals surface area (Å²) in [6.45, 7) is 16.3. The number of benzene rings is 1. The van der Waals surface area contributed by atoms with Gasteiger partial charge in [0.15, 0.2) is 0 Å². The standard InChI is InChI=1S/C17H28Si/c1-14(2)18(6,7)13-12-15-8-10-16(11-9-15)17(3,4)5/h8-14H,1-7H3/b13-12+. The quantitative estimate of drug-likeness (QED) is 0.616. The Bertz CT molecular complexity index is 402. The maximum absolute atomic E-state index is 2.46. The van der Waals surface area contributed by atoms with Crippen molar-refractivity contribution in [3.05, 3.63) is 41.1 Å². The van der Waals surface area contributed by atoms with Crippen LogP contribution in [0, 0.1) is 0 Å². The Morgan fingerprint density at radius 2 is 1.50 bits per heavy atom. The molecule has 0 aromatic heterocycles. The fourth-order valence-corrected chi connectivity index (χ4v) is 2.60. The summed E-state index contributed by atoms with van der Waals surface area (Å²) in [5.41, 5.74) is 6.23. The molecular formula is C17H28Si. The summed E-state index contributed by atoms with van der Waals surface area (Å²) in [6, 6.07) is 8.98. The largest absolute Gasteiger partial charge is 0.0939 e. The van der Waals surface area contributed by atoms with Gasteiger partial charge in [0.05, 0.1) is 8.07 Å². The first-order valence-corrected chi connectivity index (χ1v) is 10.1. The van der Waals surface area contributed by atoms with Gasteiger partial charge in [-0.1, -0.05) is 83.8 Å². The van der Waals surface area contributed by atoms with E-state index < -0.39 is 8.07 Å². The average Bonchev–Trinajstić information content (AvgIpc) is 2.25. The molecule has 0 fully saturated rings. The molecular weight excluding hydrogens is 232 g/mol. The van der Waals surface area contributed by atoms with Crippen LogP contribution in [-0.4, -0.2) is 8.07 Å². The monoisotopic (exact) mass is 260 g/mol. The van der Waals surface area contributed by atoms with E-state index in [9.17, 15) is 0 Å². The van der Waals surface area contributed by atoms with Crippen LogP contribution in [0.5, 0.6) is 0 Å². The maximum atomic E-state index is 2.46. The van der Waals surface area contributed by atoms with Crippen LogP contribution in [0.4, 0.5) is 0 Å². The van der Waals surface area contributed by atoms with E-state index in [1.807, 2.05) is 0 Å². The van der Waals surface area contributed by atoms with Crippen LogP contribution in [0.1, 0.15) is 45.7 Å². The molecule has 0 N–H and O–H groups in total. The Morgan fingerprint density at radius 1 is 1.00 bits per heavy atom. The molecule has 0 aliphatic carbocycles. The zero-order chi connectivity index (χ0) is 14.0. The van der Waals surface area contributed by atoms with E-state index in [2.05, 4.69) is 83.8 Å². The predicted octanol–water partition coefficient (Wildman–Crippen LogP) is 5.65. The molecule has 100 valence electrons. The Labute approximate surface area is 114 Å². The van der Waals surface area contributed by atoms with Crippen molar-refractivity contribution in [1.82, 2.24) is 0 Å². The van der Waals surface area contributed by atoms with Gasteiger partial charge in [-0.3, -0.25) is 0 Å². The molecule has 1 rings (SSSR count). The van der Waals surface area contributed by atoms with E-state index in [-0.39, 0.29) is 5.41 Å². The number of hydrogen-bond acceptors (Lipinski definition) is 0. The zero-order valence-corrected chi connectivity index (χ0v) is 14.0. The van der Waals surface area contributed by atoms with Crippen LogP contribution in [0.25, 0.3) is 6.08 Å². The van der Waals surface area contributed by atoms with Crippen molar-refractivity contribution in [2.45, 2.75) is 58.7 Å². The molecule has 0 bridgehead atoms. The Morgan fingerprint density at radius 3 is 1.89 bits per heavy atom. The van der Waals surface area contributed by atoms with Crippen molar-refractivity contribution in [1.29, 1.82) is 0 Å². The van der Waals surface area contributed by atoms with Crippen LogP contribution in [0.2, 0.25) is 18.6 Å². The van der Waals surface area contributed by atoms with Gasteiger partial charge in [0.25, 0.3) is 0 Å². The molecule has 0 nitrogen and oxygen atoms in total. The summed E-state index contributed by atoms with van der Waals surface area (Å²) in [5.74, 6) is 0. The molecule has 0 atom stereocenters. The minimum absolute atomic E-state index is 0.244. The van der Waals surface area contributed by atoms with E-state index >= 15 is 0 Å². The second-order valence-electron chi connectivity index (χ2n) is 7.18. The lowest BCUT2D eigenvalue weighted by molar-refractivity contribution is 0.590. The highest BCUT2D eigenvalue weighted by Gasteiger charge is 2.21. The van der Waals surface area contributed by atoms with Crippen LogP contribution in [0.3, 0.4) is 0 Å². The van der Waals surface area contributed by atoms with Crippen molar-refractivity contribution in [2.24, 2.45) is 0 Å². The molecule has 0 heterocycles. The van der Waals surface area contributed by atoms with Gasteiger partial charge >= 0.3 is 0 Å². The topological polar surface area (TPSA) is 0 Å². The third-order valence-corrected chi connectivity index (χ3v) is 7.97. The minimum atomic E-state index is -1.19. The Hall–Kier alpha value is -0.823. The Balaban J connectivity index is 2.85. The first-order valence-electron chi connectivity index (χ1n) is 6.93. The second kappa shape index (κ2) is 5.44. The summed E-state index contributed by atoms with van der Waals surface area (Å²) in [5, 5.41) is 0. The van der Waals surface area contributed by atoms with Crippen LogP contribution >= 0.6 is 0 Å². The lowest BCUT2D eigenvalue weighted by Crippen LogP contribution is -2.26. The molecule has 18 heavy (non-hydrogen) atoms. The van der Waals surface area contributed by atoms with Crippen molar-refractivity contribution >= 4 is 14.1 Å². The fourth-order valence-electron chi connectivity index (χ4n) is 1.60. The van der Waals surface area contributed by atoms with E-state index in [1.54, 1.807) is 0 Å². The van der Waals surface area contributed by atoms with Crippen LogP contribution < -0.4 is 0 Å². The summed E-state index contributed by atoms with van der Waals surface area (Å²) in [7, 11) is -1.19. The summed E-state index contributed by atoms with van der Waals surface area (Å²) < 4.78 is 0. The molecule has 1 aromatic rings. The first-order chi connectivity index (χ1) is 8.13. The van der Waals surface area contributed by atoms with Crippen molar-refractivity contribution in [3.8, 4) is 0 Å². The molecule has 1 heteroatoms. The molecule has 0 saturated heterocycles. The lowest BCUT2D eigenvalue weighted by atomic mass is 9.87. The molecule has 0 spiro atoms. The zero-order valence-electron chi connectivity index (χ0n) is 13.0. The molecule has 0 aliphatic heterocycles. The molecule has 1 aromatic carbocycles. The van der Waals surface area contributed by atoms with Crippen molar-refractivity contribution in [3.63, 3.8) is 0 Å². The third-order valence-electron chi connectivity index (χ3n) is 3.97. The fraction of sp³-hybridized carbons (Fsp3) is 0.529. The third kappa shape index (κ3) is 4.13. The van der Waals surface area contributed by atoms with Crippen molar-refractivity contribution in [2.75, 3.05) is 0 Å². The highest BCUT2D eigenvalue weighted by Crippen LogP contribution is 2.24. The predicted molar refractivity (Wildman–Crippen MR) is 86.8 cm³/mol. The van der Waals surface area contributed by atoms with E-state index in [4.69, 9.17) is 0 Å². The summed E-state index contributed by atoms with van der Waals surface area (Å²) in [4.78, 5) is 0. The minimum Gasteiger partial charge on any atom is -0.0939 e. The smallest absolute Gasteiger partial charge is 0.0742 e. The highest BCUT2D eigenvalue weighted by atomic mass is 28.3. The summed E-state index contributed by atoms with van der Waals surface area (Å²) >= 11 is 0. The van der Waals surface area contributed by atoms with Gasteiger partial charge in [-0.15, -0.1) is 0 Å². The van der Waals surface area contributed by atoms with Gasteiger partial charge in [-0.05, 0) is 22.1 Å². The molecule has 0 amide bonds. The molecule has 0 radical (unpaired) electrons. The maximum Gasteiger partial charge on any atom is 0.0742 e. The average molecular weight is 260 g/mol. The molecule has 0 saturated carbocycles. The van der Waals surface area contributed by atoms with Crippen LogP contribution in [0.15, 0.2) is 30.0 Å². The highest BCUT2D eigenvalue weighted by molar-refractivity contribution is 6.83. The van der Waals surface area contributed by atoms with Gasteiger partial charge in [0.2, 0.25) is 0 Å². The number of hydrogen-bond donors (Lipinski definition) is 0. The summed E-state index contributed by atoms with van der Waals surface area (Å²) in [6.07, 6.45) is 2.30. The lowest BCUT2D eigenvalue weighted by Gasteiger charge is -2.22.